The SMILES string of the molecule is CCOc1ncccc1CNc1cc(C)nc2c(C)c(C)nn12. The maximum atomic E-state index is 5.57. The number of nitrogens with one attached hydrogen (secondary N) is 1. The second-order valence-electron chi connectivity index (χ2n) is 5.48. The molecule has 0 radical (unpaired) electrons. The van der Waals surface area contributed by atoms with Gasteiger partial charge in [0.1, 0.15) is 5.82 Å². The van der Waals surface area contributed by atoms with Gasteiger partial charge in [-0.15, -0.1) is 0 Å². The molecule has 1 N–H and O–H groups in total. The summed E-state index contributed by atoms with van der Waals surface area (Å²) in [5.41, 5.74) is 4.95. The van der Waals surface area contributed by atoms with Crippen LogP contribution in [0, 0.1) is 20.8 Å². The molecule has 0 atom stereocenters. The van der Waals surface area contributed by atoms with Gasteiger partial charge in [0.15, 0.2) is 5.65 Å². The Morgan fingerprint density at radius 3 is 2.87 bits per heavy atom. The lowest BCUT2D eigenvalue weighted by atomic mass is 10.2. The summed E-state index contributed by atoms with van der Waals surface area (Å²) < 4.78 is 7.43. The number of ether oxygens (including phenoxy) is 1. The molecule has 0 aliphatic heterocycles. The van der Waals surface area contributed by atoms with E-state index >= 15 is 0 Å². The molecule has 23 heavy (non-hydrogen) atoms. The lowest BCUT2D eigenvalue weighted by molar-refractivity contribution is 0.323. The molecule has 0 aliphatic rings. The van der Waals surface area contributed by atoms with Crippen molar-refractivity contribution in [2.45, 2.75) is 34.2 Å². The smallest absolute Gasteiger partial charge is 0.218 e. The average Bonchev–Trinajstić information content (AvgIpc) is 2.82. The van der Waals surface area contributed by atoms with Crippen LogP contribution in [0.1, 0.15) is 29.4 Å². The highest BCUT2D eigenvalue weighted by Crippen LogP contribution is 2.20. The van der Waals surface area contributed by atoms with Gasteiger partial charge in [-0.3, -0.25) is 0 Å². The third-order valence-electron chi connectivity index (χ3n) is 3.78. The fourth-order valence-electron chi connectivity index (χ4n) is 2.49. The number of pyridine rings is 1. The molecular formula is C17H21N5O. The van der Waals surface area contributed by atoms with Crippen LogP contribution < -0.4 is 10.1 Å². The van der Waals surface area contributed by atoms with Gasteiger partial charge in [-0.05, 0) is 33.8 Å². The number of aromatic nitrogens is 4. The molecule has 0 unspecified atom stereocenters. The Bertz CT molecular complexity index is 840. The lowest BCUT2D eigenvalue weighted by Crippen LogP contribution is -2.09. The van der Waals surface area contributed by atoms with Crippen molar-refractivity contribution in [3.05, 3.63) is 46.9 Å². The molecule has 6 nitrogen and oxygen atoms in total. The normalized spacial score (nSPS) is 11.0. The van der Waals surface area contributed by atoms with E-state index in [0.717, 1.165) is 34.0 Å². The van der Waals surface area contributed by atoms with Crippen LogP contribution in [0.2, 0.25) is 0 Å². The average molecular weight is 311 g/mol. The van der Waals surface area contributed by atoms with Crippen molar-refractivity contribution in [1.82, 2.24) is 19.6 Å². The topological polar surface area (TPSA) is 64.3 Å². The van der Waals surface area contributed by atoms with Crippen molar-refractivity contribution in [1.29, 1.82) is 0 Å². The van der Waals surface area contributed by atoms with Gasteiger partial charge >= 0.3 is 0 Å². The number of rotatable bonds is 5. The fraction of sp³-hybridized carbons (Fsp3) is 0.353. The largest absolute Gasteiger partial charge is 0.478 e. The van der Waals surface area contributed by atoms with E-state index in [2.05, 4.69) is 20.4 Å². The molecular weight excluding hydrogens is 290 g/mol. The molecule has 6 heteroatoms. The molecule has 0 saturated heterocycles. The summed E-state index contributed by atoms with van der Waals surface area (Å²) in [6.45, 7) is 9.19. The minimum Gasteiger partial charge on any atom is -0.478 e. The van der Waals surface area contributed by atoms with E-state index in [0.29, 0.717) is 19.0 Å². The Kier molecular flexibility index (Phi) is 4.14. The van der Waals surface area contributed by atoms with E-state index in [1.807, 2.05) is 50.4 Å². The molecule has 0 spiro atoms. The van der Waals surface area contributed by atoms with Gasteiger partial charge in [0.05, 0.1) is 12.3 Å². The van der Waals surface area contributed by atoms with Crippen molar-refractivity contribution in [2.75, 3.05) is 11.9 Å². The van der Waals surface area contributed by atoms with Crippen molar-refractivity contribution in [2.24, 2.45) is 0 Å². The molecule has 3 heterocycles. The van der Waals surface area contributed by atoms with Gasteiger partial charge in [0.2, 0.25) is 5.88 Å². The molecule has 0 aliphatic carbocycles. The third-order valence-corrected chi connectivity index (χ3v) is 3.78. The van der Waals surface area contributed by atoms with E-state index in [9.17, 15) is 0 Å². The van der Waals surface area contributed by atoms with Gasteiger partial charge < -0.3 is 10.1 Å². The maximum absolute atomic E-state index is 5.57. The monoisotopic (exact) mass is 311 g/mol. The van der Waals surface area contributed by atoms with Crippen molar-refractivity contribution < 1.29 is 4.74 Å². The highest BCUT2D eigenvalue weighted by atomic mass is 16.5. The number of aryl methyl sites for hydroxylation is 3. The predicted molar refractivity (Wildman–Crippen MR) is 89.9 cm³/mol. The summed E-state index contributed by atoms with van der Waals surface area (Å²) in [5.74, 6) is 1.58. The number of nitrogens with zero attached hydrogens (tertiary/aromatic N) is 4. The molecule has 0 bridgehead atoms. The lowest BCUT2D eigenvalue weighted by Gasteiger charge is -2.12. The first-order chi connectivity index (χ1) is 11.1. The van der Waals surface area contributed by atoms with E-state index in [-0.39, 0.29) is 0 Å². The van der Waals surface area contributed by atoms with Gasteiger partial charge in [0.25, 0.3) is 0 Å². The van der Waals surface area contributed by atoms with E-state index < -0.39 is 0 Å². The summed E-state index contributed by atoms with van der Waals surface area (Å²) in [5, 5.41) is 7.99. The summed E-state index contributed by atoms with van der Waals surface area (Å²) in [6, 6.07) is 5.92. The Balaban J connectivity index is 1.92. The van der Waals surface area contributed by atoms with Crippen molar-refractivity contribution >= 4 is 11.5 Å². The van der Waals surface area contributed by atoms with Crippen LogP contribution in [-0.2, 0) is 6.54 Å². The minimum atomic E-state index is 0.597. The van der Waals surface area contributed by atoms with Crippen LogP contribution in [0.5, 0.6) is 5.88 Å². The molecule has 0 amide bonds. The molecule has 3 aromatic heterocycles. The quantitative estimate of drug-likeness (QED) is 0.784. The summed E-state index contributed by atoms with van der Waals surface area (Å²) >= 11 is 0. The van der Waals surface area contributed by atoms with Crippen LogP contribution >= 0.6 is 0 Å². The number of anilines is 1. The summed E-state index contributed by atoms with van der Waals surface area (Å²) in [6.07, 6.45) is 1.74. The second-order valence-corrected chi connectivity index (χ2v) is 5.48. The highest BCUT2D eigenvalue weighted by Gasteiger charge is 2.11. The first kappa shape index (κ1) is 15.3. The molecule has 0 fully saturated rings. The molecule has 0 aromatic carbocycles. The van der Waals surface area contributed by atoms with E-state index in [4.69, 9.17) is 4.74 Å². The van der Waals surface area contributed by atoms with Crippen molar-refractivity contribution in [3.63, 3.8) is 0 Å². The molecule has 3 aromatic rings. The van der Waals surface area contributed by atoms with Crippen molar-refractivity contribution in [3.8, 4) is 5.88 Å². The highest BCUT2D eigenvalue weighted by molar-refractivity contribution is 5.56. The zero-order chi connectivity index (χ0) is 16.4. The van der Waals surface area contributed by atoms with Crippen LogP contribution in [0.25, 0.3) is 5.65 Å². The first-order valence-electron chi connectivity index (χ1n) is 7.74. The predicted octanol–water partition coefficient (Wildman–Crippen LogP) is 3.06. The number of fused-ring (bicyclic) bond motifs is 1. The first-order valence-corrected chi connectivity index (χ1v) is 7.74. The van der Waals surface area contributed by atoms with E-state index in [1.165, 1.54) is 0 Å². The molecule has 3 rings (SSSR count). The zero-order valence-corrected chi connectivity index (χ0v) is 13.9. The Labute approximate surface area is 135 Å². The van der Waals surface area contributed by atoms with Crippen LogP contribution in [0.15, 0.2) is 24.4 Å². The zero-order valence-electron chi connectivity index (χ0n) is 13.9. The maximum Gasteiger partial charge on any atom is 0.218 e. The molecule has 120 valence electrons. The van der Waals surface area contributed by atoms with Crippen LogP contribution in [-0.4, -0.2) is 26.2 Å². The Hall–Kier alpha value is -2.63. The van der Waals surface area contributed by atoms with Gasteiger partial charge in [0, 0.05) is 35.6 Å². The standard InChI is InChI=1S/C17H21N5O/c1-5-23-17-14(7-6-8-18-17)10-19-15-9-11(2)20-16-12(3)13(4)21-22(15)16/h6-9,19H,5,10H2,1-4H3. The second kappa shape index (κ2) is 6.24. The van der Waals surface area contributed by atoms with Crippen LogP contribution in [0.4, 0.5) is 5.82 Å². The fourth-order valence-corrected chi connectivity index (χ4v) is 2.49. The van der Waals surface area contributed by atoms with Gasteiger partial charge in [-0.1, -0.05) is 6.07 Å². The third kappa shape index (κ3) is 2.97. The van der Waals surface area contributed by atoms with Gasteiger partial charge in [-0.2, -0.15) is 9.61 Å². The Morgan fingerprint density at radius 1 is 1.26 bits per heavy atom. The van der Waals surface area contributed by atoms with Gasteiger partial charge in [-0.25, -0.2) is 9.97 Å². The minimum absolute atomic E-state index is 0.597. The number of hydrogen-bond acceptors (Lipinski definition) is 5. The number of hydrogen-bond donors (Lipinski definition) is 1. The summed E-state index contributed by atoms with van der Waals surface area (Å²) in [4.78, 5) is 8.86. The molecule has 0 saturated carbocycles. The van der Waals surface area contributed by atoms with Crippen LogP contribution in [0.3, 0.4) is 0 Å². The van der Waals surface area contributed by atoms with E-state index in [1.54, 1.807) is 6.20 Å². The summed E-state index contributed by atoms with van der Waals surface area (Å²) in [7, 11) is 0. The Morgan fingerprint density at radius 2 is 2.09 bits per heavy atom.